The van der Waals surface area contributed by atoms with E-state index in [9.17, 15) is 9.59 Å². The summed E-state index contributed by atoms with van der Waals surface area (Å²) in [6.07, 6.45) is 1.81. The van der Waals surface area contributed by atoms with Crippen molar-refractivity contribution in [2.45, 2.75) is 19.9 Å². The Morgan fingerprint density at radius 2 is 2.26 bits per heavy atom. The quantitative estimate of drug-likeness (QED) is 0.857. The second-order valence-electron chi connectivity index (χ2n) is 5.13. The normalized spacial score (nSPS) is 22.4. The number of carbonyl (C=O) groups excluding carboxylic acids is 2. The zero-order valence-electron chi connectivity index (χ0n) is 12.8. The Morgan fingerprint density at radius 3 is 2.96 bits per heavy atom. The summed E-state index contributed by atoms with van der Waals surface area (Å²) in [4.78, 5) is 36.1. The summed E-state index contributed by atoms with van der Waals surface area (Å²) in [5, 5.41) is 0. The van der Waals surface area contributed by atoms with E-state index < -0.39 is 6.04 Å². The highest BCUT2D eigenvalue weighted by Crippen LogP contribution is 2.31. The van der Waals surface area contributed by atoms with Crippen molar-refractivity contribution in [3.8, 4) is 0 Å². The molecule has 1 aromatic heterocycles. The standard InChI is InChI=1S/C14H17N3O3S3/c1-8-5-15-14(23-8)16-12(18)10-6-21-7-17(10)13(19)11-9(2)20-3-4-22-11/h5,10H,3-4,6-7H2,1-2H3,(H,15,16,18). The van der Waals surface area contributed by atoms with Gasteiger partial charge in [0, 0.05) is 22.6 Å². The highest BCUT2D eigenvalue weighted by molar-refractivity contribution is 8.04. The number of carbonyl (C=O) groups is 2. The first-order chi connectivity index (χ1) is 11.1. The van der Waals surface area contributed by atoms with Gasteiger partial charge < -0.3 is 14.6 Å². The van der Waals surface area contributed by atoms with Crippen LogP contribution in [0.15, 0.2) is 21.9 Å². The maximum atomic E-state index is 12.7. The number of aryl methyl sites for hydroxylation is 1. The van der Waals surface area contributed by atoms with E-state index in [1.165, 1.54) is 23.1 Å². The van der Waals surface area contributed by atoms with Crippen molar-refractivity contribution in [3.63, 3.8) is 0 Å². The molecule has 124 valence electrons. The topological polar surface area (TPSA) is 74.8 Å². The van der Waals surface area contributed by atoms with Gasteiger partial charge in [-0.3, -0.25) is 9.59 Å². The number of aromatic nitrogens is 1. The number of aromatic amines is 1. The number of H-pyrrole nitrogens is 1. The van der Waals surface area contributed by atoms with Gasteiger partial charge in [-0.25, -0.2) is 0 Å². The molecule has 3 heterocycles. The van der Waals surface area contributed by atoms with Crippen molar-refractivity contribution in [2.24, 2.45) is 4.99 Å². The number of thioether (sulfide) groups is 2. The van der Waals surface area contributed by atoms with E-state index >= 15 is 0 Å². The summed E-state index contributed by atoms with van der Waals surface area (Å²) in [6.45, 7) is 4.36. The van der Waals surface area contributed by atoms with Gasteiger partial charge in [0.2, 0.25) is 0 Å². The largest absolute Gasteiger partial charge is 0.496 e. The lowest BCUT2D eigenvalue weighted by atomic mass is 10.2. The molecule has 1 atom stereocenters. The molecule has 0 spiro atoms. The molecule has 6 nitrogen and oxygen atoms in total. The minimum atomic E-state index is -0.508. The number of allylic oxidation sites excluding steroid dienone is 1. The van der Waals surface area contributed by atoms with Crippen LogP contribution in [-0.4, -0.2) is 51.7 Å². The summed E-state index contributed by atoms with van der Waals surface area (Å²) < 4.78 is 5.46. The third kappa shape index (κ3) is 3.67. The van der Waals surface area contributed by atoms with Crippen molar-refractivity contribution in [1.29, 1.82) is 0 Å². The predicted molar refractivity (Wildman–Crippen MR) is 93.0 cm³/mol. The Labute approximate surface area is 146 Å². The molecule has 1 aromatic rings. The van der Waals surface area contributed by atoms with Crippen molar-refractivity contribution < 1.29 is 14.3 Å². The number of rotatable bonds is 2. The summed E-state index contributed by atoms with van der Waals surface area (Å²) in [5.41, 5.74) is 0. The van der Waals surface area contributed by atoms with Crippen LogP contribution in [-0.2, 0) is 14.3 Å². The Hall–Kier alpha value is -1.19. The van der Waals surface area contributed by atoms with Gasteiger partial charge in [0.15, 0.2) is 4.80 Å². The molecule has 9 heteroatoms. The lowest BCUT2D eigenvalue weighted by Gasteiger charge is -2.25. The molecule has 1 unspecified atom stereocenters. The van der Waals surface area contributed by atoms with Crippen LogP contribution in [0.25, 0.3) is 0 Å². The number of thiazole rings is 1. The molecule has 3 rings (SSSR count). The third-order valence-corrected chi connectivity index (χ3v) is 6.43. The molecule has 1 N–H and O–H groups in total. The molecule has 0 radical (unpaired) electrons. The molecule has 0 saturated carbocycles. The highest BCUT2D eigenvalue weighted by atomic mass is 32.2. The number of amides is 2. The molecule has 2 aliphatic rings. The fourth-order valence-electron chi connectivity index (χ4n) is 2.30. The minimum Gasteiger partial charge on any atom is -0.496 e. The van der Waals surface area contributed by atoms with Crippen LogP contribution in [0.1, 0.15) is 11.8 Å². The van der Waals surface area contributed by atoms with Gasteiger partial charge in [-0.15, -0.1) is 34.9 Å². The van der Waals surface area contributed by atoms with Gasteiger partial charge >= 0.3 is 0 Å². The SMILES string of the molecule is CC1=C(C(=O)N2CSCC2C(=O)/N=c2/[nH]cc(C)s2)SCCO1. The minimum absolute atomic E-state index is 0.128. The number of hydrogen-bond acceptors (Lipinski definition) is 6. The van der Waals surface area contributed by atoms with Crippen molar-refractivity contribution >= 4 is 46.7 Å². The van der Waals surface area contributed by atoms with E-state index in [4.69, 9.17) is 4.74 Å². The molecular formula is C14H17N3O3S3. The van der Waals surface area contributed by atoms with E-state index in [1.807, 2.05) is 13.1 Å². The molecule has 1 saturated heterocycles. The Balaban J connectivity index is 1.80. The molecule has 2 amide bonds. The zero-order chi connectivity index (χ0) is 16.4. The van der Waals surface area contributed by atoms with Crippen molar-refractivity contribution in [1.82, 2.24) is 9.88 Å². The molecular weight excluding hydrogens is 354 g/mol. The summed E-state index contributed by atoms with van der Waals surface area (Å²) in [6, 6.07) is -0.508. The smallest absolute Gasteiger partial charge is 0.272 e. The van der Waals surface area contributed by atoms with E-state index in [-0.39, 0.29) is 11.8 Å². The molecule has 23 heavy (non-hydrogen) atoms. The van der Waals surface area contributed by atoms with Crippen LogP contribution >= 0.6 is 34.9 Å². The predicted octanol–water partition coefficient (Wildman–Crippen LogP) is 1.71. The van der Waals surface area contributed by atoms with E-state index in [1.54, 1.807) is 23.6 Å². The van der Waals surface area contributed by atoms with Crippen LogP contribution in [0.3, 0.4) is 0 Å². The average Bonchev–Trinajstić information content (AvgIpc) is 3.16. The third-order valence-electron chi connectivity index (χ3n) is 3.46. The lowest BCUT2D eigenvalue weighted by Crippen LogP contribution is -2.42. The molecule has 0 bridgehead atoms. The maximum absolute atomic E-state index is 12.7. The van der Waals surface area contributed by atoms with Crippen LogP contribution < -0.4 is 4.80 Å². The van der Waals surface area contributed by atoms with Crippen LogP contribution in [0, 0.1) is 6.92 Å². The highest BCUT2D eigenvalue weighted by Gasteiger charge is 2.37. The fraction of sp³-hybridized carbons (Fsp3) is 0.500. The van der Waals surface area contributed by atoms with Gasteiger partial charge in [0.25, 0.3) is 11.8 Å². The van der Waals surface area contributed by atoms with Gasteiger partial charge in [-0.2, -0.15) is 4.99 Å². The van der Waals surface area contributed by atoms with E-state index in [0.717, 1.165) is 10.6 Å². The maximum Gasteiger partial charge on any atom is 0.272 e. The first-order valence-corrected chi connectivity index (χ1v) is 10.1. The van der Waals surface area contributed by atoms with Crippen LogP contribution in [0.2, 0.25) is 0 Å². The van der Waals surface area contributed by atoms with E-state index in [0.29, 0.717) is 33.7 Å². The van der Waals surface area contributed by atoms with Gasteiger partial charge in [0.05, 0.1) is 12.5 Å². The number of hydrogen-bond donors (Lipinski definition) is 1. The Morgan fingerprint density at radius 1 is 1.43 bits per heavy atom. The van der Waals surface area contributed by atoms with Crippen LogP contribution in [0.5, 0.6) is 0 Å². The average molecular weight is 372 g/mol. The fourth-order valence-corrected chi connectivity index (χ4v) is 5.00. The van der Waals surface area contributed by atoms with Gasteiger partial charge in [-0.1, -0.05) is 0 Å². The molecule has 0 aromatic carbocycles. The van der Waals surface area contributed by atoms with Crippen molar-refractivity contribution in [2.75, 3.05) is 24.0 Å². The van der Waals surface area contributed by atoms with Crippen molar-refractivity contribution in [3.05, 3.63) is 26.5 Å². The van der Waals surface area contributed by atoms with Crippen LogP contribution in [0.4, 0.5) is 0 Å². The Kier molecular flexibility index (Phi) is 5.17. The Bertz CT molecular complexity index is 722. The first kappa shape index (κ1) is 16.7. The van der Waals surface area contributed by atoms with E-state index in [2.05, 4.69) is 9.98 Å². The van der Waals surface area contributed by atoms with Gasteiger partial charge in [-0.05, 0) is 13.8 Å². The number of ether oxygens (including phenoxy) is 1. The second-order valence-corrected chi connectivity index (χ2v) is 8.47. The molecule has 2 aliphatic heterocycles. The monoisotopic (exact) mass is 371 g/mol. The zero-order valence-corrected chi connectivity index (χ0v) is 15.3. The van der Waals surface area contributed by atoms with Gasteiger partial charge in [0.1, 0.15) is 16.7 Å². The summed E-state index contributed by atoms with van der Waals surface area (Å²) in [5.74, 6) is 2.09. The summed E-state index contributed by atoms with van der Waals surface area (Å²) >= 11 is 4.49. The summed E-state index contributed by atoms with van der Waals surface area (Å²) in [7, 11) is 0. The molecule has 1 fully saturated rings. The first-order valence-electron chi connectivity index (χ1n) is 7.15. The number of nitrogens with one attached hydrogen (secondary N) is 1. The second kappa shape index (κ2) is 7.14. The lowest BCUT2D eigenvalue weighted by molar-refractivity contribution is -0.133. The number of nitrogens with zero attached hydrogens (tertiary/aromatic N) is 2. The molecule has 0 aliphatic carbocycles.